The van der Waals surface area contributed by atoms with Crippen LogP contribution in [0, 0.1) is 0 Å². The Morgan fingerprint density at radius 3 is 2.52 bits per heavy atom. The highest BCUT2D eigenvalue weighted by atomic mass is 32.3. The third-order valence-corrected chi connectivity index (χ3v) is 8.90. The number of thiophene rings is 1. The van der Waals surface area contributed by atoms with Crippen molar-refractivity contribution in [2.75, 3.05) is 6.54 Å². The van der Waals surface area contributed by atoms with E-state index in [4.69, 9.17) is 5.14 Å². The van der Waals surface area contributed by atoms with Gasteiger partial charge in [0.2, 0.25) is 10.0 Å². The van der Waals surface area contributed by atoms with Gasteiger partial charge < -0.3 is 5.32 Å². The minimum Gasteiger partial charge on any atom is -0.309 e. The second-order valence-electron chi connectivity index (χ2n) is 5.16. The maximum atomic E-state index is 12.6. The number of nitrogens with one attached hydrogen (secondary N) is 1. The molecule has 0 aliphatic carbocycles. The first kappa shape index (κ1) is 16.9. The molecule has 2 heterocycles. The first-order valence-electron chi connectivity index (χ1n) is 6.87. The summed E-state index contributed by atoms with van der Waals surface area (Å²) >= 11 is 0.762. The lowest BCUT2D eigenvalue weighted by Gasteiger charge is -2.20. The Labute approximate surface area is 129 Å². The summed E-state index contributed by atoms with van der Waals surface area (Å²) in [5.41, 5.74) is 0.552. The molecule has 1 aromatic rings. The summed E-state index contributed by atoms with van der Waals surface area (Å²) in [6.07, 6.45) is 2.18. The average molecular weight is 353 g/mol. The number of sulfone groups is 1. The summed E-state index contributed by atoms with van der Waals surface area (Å²) < 4.78 is 48.2. The van der Waals surface area contributed by atoms with Gasteiger partial charge in [-0.15, -0.1) is 11.3 Å². The zero-order valence-corrected chi connectivity index (χ0v) is 14.4. The highest BCUT2D eigenvalue weighted by Gasteiger charge is 2.46. The number of primary sulfonamides is 1. The molecule has 0 spiro atoms. The summed E-state index contributed by atoms with van der Waals surface area (Å²) in [6, 6.07) is 1.06. The van der Waals surface area contributed by atoms with Gasteiger partial charge in [-0.3, -0.25) is 0 Å². The molecule has 1 aliphatic rings. The standard InChI is InChI=1S/C12H20N2O4S3/c1-3-5-9-11(14-6-4-2)8-7-10(21(13,17)18)19-12(8)20(9,15)16/h7,9,11,14H,3-6H2,1-2H3,(H2,13,17,18). The van der Waals surface area contributed by atoms with Crippen molar-refractivity contribution < 1.29 is 16.8 Å². The molecule has 9 heteroatoms. The summed E-state index contributed by atoms with van der Waals surface area (Å²) in [5, 5.41) is 7.82. The van der Waals surface area contributed by atoms with E-state index in [1.807, 2.05) is 13.8 Å². The van der Waals surface area contributed by atoms with Gasteiger partial charge in [-0.25, -0.2) is 22.0 Å². The van der Waals surface area contributed by atoms with Gasteiger partial charge in [-0.05, 0) is 25.5 Å². The quantitative estimate of drug-likeness (QED) is 0.805. The van der Waals surface area contributed by atoms with E-state index in [1.54, 1.807) is 0 Å². The van der Waals surface area contributed by atoms with Crippen molar-refractivity contribution in [3.8, 4) is 0 Å². The van der Waals surface area contributed by atoms with E-state index in [1.165, 1.54) is 6.07 Å². The van der Waals surface area contributed by atoms with Gasteiger partial charge in [-0.1, -0.05) is 20.3 Å². The number of sulfonamides is 1. The van der Waals surface area contributed by atoms with E-state index < -0.39 is 25.1 Å². The van der Waals surface area contributed by atoms with Crippen LogP contribution in [0.1, 0.15) is 44.7 Å². The van der Waals surface area contributed by atoms with E-state index in [0.717, 1.165) is 24.2 Å². The first-order chi connectivity index (χ1) is 9.73. The zero-order chi connectivity index (χ0) is 15.8. The fourth-order valence-corrected chi connectivity index (χ4v) is 7.49. The lowest BCUT2D eigenvalue weighted by atomic mass is 10.0. The minimum absolute atomic E-state index is 0.0886. The van der Waals surface area contributed by atoms with Gasteiger partial charge in [-0.2, -0.15) is 0 Å². The number of fused-ring (bicyclic) bond motifs is 1. The molecule has 0 bridgehead atoms. The predicted octanol–water partition coefficient (Wildman–Crippen LogP) is 1.39. The van der Waals surface area contributed by atoms with Crippen molar-refractivity contribution in [3.63, 3.8) is 0 Å². The van der Waals surface area contributed by atoms with Crippen molar-refractivity contribution in [1.82, 2.24) is 5.32 Å². The molecular weight excluding hydrogens is 332 g/mol. The molecule has 3 N–H and O–H groups in total. The molecule has 0 fully saturated rings. The maximum absolute atomic E-state index is 12.6. The molecule has 21 heavy (non-hydrogen) atoms. The maximum Gasteiger partial charge on any atom is 0.247 e. The third-order valence-electron chi connectivity index (χ3n) is 3.53. The van der Waals surface area contributed by atoms with Crippen molar-refractivity contribution in [1.29, 1.82) is 0 Å². The second-order valence-corrected chi connectivity index (χ2v) is 10.4. The van der Waals surface area contributed by atoms with Gasteiger partial charge in [0.05, 0.1) is 11.3 Å². The van der Waals surface area contributed by atoms with Gasteiger partial charge in [0.15, 0.2) is 9.84 Å². The van der Waals surface area contributed by atoms with Crippen LogP contribution in [0.25, 0.3) is 0 Å². The van der Waals surface area contributed by atoms with Crippen LogP contribution in [-0.2, 0) is 19.9 Å². The third kappa shape index (κ3) is 3.02. The summed E-state index contributed by atoms with van der Waals surface area (Å²) in [6.45, 7) is 4.62. The van der Waals surface area contributed by atoms with Gasteiger partial charge in [0.25, 0.3) is 0 Å². The van der Waals surface area contributed by atoms with Crippen LogP contribution in [0.2, 0.25) is 0 Å². The number of hydrogen-bond acceptors (Lipinski definition) is 6. The fourth-order valence-electron chi connectivity index (χ4n) is 2.61. The molecule has 2 unspecified atom stereocenters. The topological polar surface area (TPSA) is 106 Å². The highest BCUT2D eigenvalue weighted by Crippen LogP contribution is 2.46. The molecule has 2 rings (SSSR count). The Kier molecular flexibility index (Phi) is 4.79. The second kappa shape index (κ2) is 5.96. The van der Waals surface area contributed by atoms with Gasteiger partial charge >= 0.3 is 0 Å². The van der Waals surface area contributed by atoms with Gasteiger partial charge in [0.1, 0.15) is 8.42 Å². The van der Waals surface area contributed by atoms with E-state index in [-0.39, 0.29) is 14.5 Å². The molecule has 0 aromatic carbocycles. The van der Waals surface area contributed by atoms with Crippen molar-refractivity contribution >= 4 is 31.2 Å². The lowest BCUT2D eigenvalue weighted by Crippen LogP contribution is -2.32. The van der Waals surface area contributed by atoms with Crippen LogP contribution >= 0.6 is 11.3 Å². The molecule has 1 aromatic heterocycles. The van der Waals surface area contributed by atoms with Crippen LogP contribution < -0.4 is 10.5 Å². The van der Waals surface area contributed by atoms with Gasteiger partial charge in [0, 0.05) is 5.56 Å². The monoisotopic (exact) mass is 352 g/mol. The molecule has 1 aliphatic heterocycles. The molecule has 6 nitrogen and oxygen atoms in total. The number of rotatable bonds is 6. The Morgan fingerprint density at radius 2 is 2.00 bits per heavy atom. The smallest absolute Gasteiger partial charge is 0.247 e. The van der Waals surface area contributed by atoms with E-state index in [2.05, 4.69) is 5.32 Å². The minimum atomic E-state index is -3.88. The van der Waals surface area contributed by atoms with Crippen LogP contribution in [0.4, 0.5) is 0 Å². The highest BCUT2D eigenvalue weighted by molar-refractivity contribution is 7.95. The van der Waals surface area contributed by atoms with Crippen LogP contribution in [0.3, 0.4) is 0 Å². The van der Waals surface area contributed by atoms with Crippen molar-refractivity contribution in [3.05, 3.63) is 11.6 Å². The molecular formula is C12H20N2O4S3. The molecule has 0 saturated heterocycles. The van der Waals surface area contributed by atoms with Crippen molar-refractivity contribution in [2.24, 2.45) is 5.14 Å². The van der Waals surface area contributed by atoms with E-state index in [0.29, 0.717) is 18.5 Å². The average Bonchev–Trinajstić information content (AvgIpc) is 2.89. The Hall–Kier alpha value is -0.480. The fraction of sp³-hybridized carbons (Fsp3) is 0.667. The van der Waals surface area contributed by atoms with Crippen LogP contribution in [0.15, 0.2) is 14.5 Å². The molecule has 0 saturated carbocycles. The van der Waals surface area contributed by atoms with E-state index >= 15 is 0 Å². The molecule has 120 valence electrons. The Morgan fingerprint density at radius 1 is 1.33 bits per heavy atom. The van der Waals surface area contributed by atoms with Crippen LogP contribution in [-0.4, -0.2) is 28.6 Å². The van der Waals surface area contributed by atoms with E-state index in [9.17, 15) is 16.8 Å². The van der Waals surface area contributed by atoms with Crippen molar-refractivity contribution in [2.45, 2.75) is 52.8 Å². The molecule has 0 amide bonds. The predicted molar refractivity (Wildman–Crippen MR) is 82.6 cm³/mol. The summed E-state index contributed by atoms with van der Waals surface area (Å²) in [7, 11) is -7.37. The summed E-state index contributed by atoms with van der Waals surface area (Å²) in [4.78, 5) is 0. The number of nitrogens with two attached hydrogens (primary N) is 1. The lowest BCUT2D eigenvalue weighted by molar-refractivity contribution is 0.481. The SMILES string of the molecule is CCCNC1c2cc(S(N)(=O)=O)sc2S(=O)(=O)C1CCC. The van der Waals surface area contributed by atoms with Crippen LogP contribution in [0.5, 0.6) is 0 Å². The zero-order valence-electron chi connectivity index (χ0n) is 12.0. The molecule has 2 atom stereocenters. The molecule has 0 radical (unpaired) electrons. The Bertz CT molecular complexity index is 722. The summed E-state index contributed by atoms with van der Waals surface area (Å²) in [5.74, 6) is 0. The number of hydrogen-bond donors (Lipinski definition) is 2. The normalized spacial score (nSPS) is 24.1. The first-order valence-corrected chi connectivity index (χ1v) is 10.8. The Balaban J connectivity index is 2.52. The largest absolute Gasteiger partial charge is 0.309 e.